The number of rotatable bonds is 6. The number of aromatic nitrogens is 3. The Hall–Kier alpha value is -2.22. The van der Waals surface area contributed by atoms with Gasteiger partial charge in [-0.1, -0.05) is 65.3 Å². The van der Waals surface area contributed by atoms with Gasteiger partial charge in [-0.2, -0.15) is 0 Å². The monoisotopic (exact) mass is 435 g/mol. The maximum Gasteiger partial charge on any atom is 0.233 e. The summed E-state index contributed by atoms with van der Waals surface area (Å²) < 4.78 is 1.32. The smallest absolute Gasteiger partial charge is 0.233 e. The molecule has 0 fully saturated rings. The second-order valence-electron chi connectivity index (χ2n) is 6.20. The molecule has 9 heteroatoms. The lowest BCUT2D eigenvalue weighted by Crippen LogP contribution is -2.33. The first-order valence-electron chi connectivity index (χ1n) is 8.54. The number of carbonyl (C=O) groups is 1. The van der Waals surface area contributed by atoms with Crippen molar-refractivity contribution in [2.75, 3.05) is 5.84 Å². The van der Waals surface area contributed by atoms with Gasteiger partial charge in [-0.3, -0.25) is 4.79 Å². The fourth-order valence-corrected chi connectivity index (χ4v) is 3.85. The van der Waals surface area contributed by atoms with Gasteiger partial charge in [-0.05, 0) is 37.6 Å². The molecule has 0 radical (unpaired) electrons. The van der Waals surface area contributed by atoms with Crippen molar-refractivity contribution in [3.05, 3.63) is 64.1 Å². The van der Waals surface area contributed by atoms with Gasteiger partial charge in [0.15, 0.2) is 5.82 Å². The molecule has 6 nitrogen and oxygen atoms in total. The van der Waals surface area contributed by atoms with E-state index in [2.05, 4.69) is 15.5 Å². The lowest BCUT2D eigenvalue weighted by molar-refractivity contribution is -0.120. The van der Waals surface area contributed by atoms with Crippen molar-refractivity contribution in [2.24, 2.45) is 0 Å². The molecule has 0 aliphatic rings. The van der Waals surface area contributed by atoms with Crippen molar-refractivity contribution in [3.8, 4) is 11.4 Å². The largest absolute Gasteiger partial charge is 0.349 e. The summed E-state index contributed by atoms with van der Waals surface area (Å²) in [6, 6.07) is 14.7. The van der Waals surface area contributed by atoms with Gasteiger partial charge in [0.25, 0.3) is 0 Å². The summed E-state index contributed by atoms with van der Waals surface area (Å²) in [5.41, 5.74) is 1.65. The second kappa shape index (κ2) is 8.86. The fraction of sp³-hybridized carbons (Fsp3) is 0.211. The van der Waals surface area contributed by atoms with E-state index < -0.39 is 5.25 Å². The number of carbonyl (C=O) groups excluding carboxylic acids is 1. The molecule has 1 heterocycles. The van der Waals surface area contributed by atoms with Gasteiger partial charge < -0.3 is 11.2 Å². The zero-order chi connectivity index (χ0) is 20.3. The maximum absolute atomic E-state index is 12.5. The summed E-state index contributed by atoms with van der Waals surface area (Å²) in [4.78, 5) is 12.5. The molecule has 28 heavy (non-hydrogen) atoms. The van der Waals surface area contributed by atoms with Crippen molar-refractivity contribution in [1.29, 1.82) is 0 Å². The first-order chi connectivity index (χ1) is 13.4. The SMILES string of the molecule is CC(Sc1nnc(-c2ccc(Cl)cc2Cl)n1N)C(=O)NC(C)c1ccccc1. The normalized spacial score (nSPS) is 13.1. The highest BCUT2D eigenvalue weighted by atomic mass is 35.5. The molecule has 3 N–H and O–H groups in total. The van der Waals surface area contributed by atoms with E-state index >= 15 is 0 Å². The number of benzene rings is 2. The van der Waals surface area contributed by atoms with Crippen LogP contribution in [0.4, 0.5) is 0 Å². The Morgan fingerprint density at radius 3 is 2.54 bits per heavy atom. The van der Waals surface area contributed by atoms with Crippen LogP contribution in [0, 0.1) is 0 Å². The van der Waals surface area contributed by atoms with Gasteiger partial charge in [-0.15, -0.1) is 10.2 Å². The molecular formula is C19H19Cl2N5OS. The number of nitrogens with two attached hydrogens (primary N) is 1. The van der Waals surface area contributed by atoms with Gasteiger partial charge in [0, 0.05) is 10.6 Å². The highest BCUT2D eigenvalue weighted by Gasteiger charge is 2.22. The minimum Gasteiger partial charge on any atom is -0.349 e. The summed E-state index contributed by atoms with van der Waals surface area (Å²) in [5, 5.41) is 12.1. The molecule has 0 spiro atoms. The number of halogens is 2. The minimum absolute atomic E-state index is 0.101. The van der Waals surface area contributed by atoms with Gasteiger partial charge in [0.05, 0.1) is 16.3 Å². The van der Waals surface area contributed by atoms with Gasteiger partial charge in [-0.25, -0.2) is 4.68 Å². The highest BCUT2D eigenvalue weighted by molar-refractivity contribution is 8.00. The van der Waals surface area contributed by atoms with E-state index in [1.807, 2.05) is 37.3 Å². The molecule has 0 aliphatic carbocycles. The molecule has 146 valence electrons. The molecule has 2 atom stereocenters. The molecule has 2 unspecified atom stereocenters. The van der Waals surface area contributed by atoms with Crippen molar-refractivity contribution in [3.63, 3.8) is 0 Å². The molecule has 1 aromatic heterocycles. The Morgan fingerprint density at radius 2 is 1.86 bits per heavy atom. The molecule has 2 aromatic carbocycles. The van der Waals surface area contributed by atoms with Crippen LogP contribution in [0.25, 0.3) is 11.4 Å². The molecule has 0 saturated carbocycles. The first kappa shape index (κ1) is 20.5. The van der Waals surface area contributed by atoms with E-state index in [0.29, 0.717) is 26.6 Å². The van der Waals surface area contributed by atoms with Crippen molar-refractivity contribution >= 4 is 40.9 Å². The highest BCUT2D eigenvalue weighted by Crippen LogP contribution is 2.31. The number of amides is 1. The zero-order valence-corrected chi connectivity index (χ0v) is 17.6. The number of hydrogen-bond acceptors (Lipinski definition) is 5. The molecule has 0 aliphatic heterocycles. The third-order valence-corrected chi connectivity index (χ3v) is 5.75. The fourth-order valence-electron chi connectivity index (χ4n) is 2.58. The lowest BCUT2D eigenvalue weighted by atomic mass is 10.1. The molecule has 1 amide bonds. The zero-order valence-electron chi connectivity index (χ0n) is 15.3. The van der Waals surface area contributed by atoms with E-state index in [0.717, 1.165) is 5.56 Å². The van der Waals surface area contributed by atoms with E-state index in [9.17, 15) is 4.79 Å². The predicted molar refractivity (Wildman–Crippen MR) is 114 cm³/mol. The van der Waals surface area contributed by atoms with Gasteiger partial charge in [0.2, 0.25) is 11.1 Å². The minimum atomic E-state index is -0.411. The standard InChI is InChI=1S/C19H19Cl2N5OS/c1-11(13-6-4-3-5-7-13)23-18(27)12(2)28-19-25-24-17(26(19)22)15-9-8-14(20)10-16(15)21/h3-12H,22H2,1-2H3,(H,23,27). The summed E-state index contributed by atoms with van der Waals surface area (Å²) in [6.45, 7) is 3.73. The van der Waals surface area contributed by atoms with Crippen LogP contribution in [0.5, 0.6) is 0 Å². The Bertz CT molecular complexity index is 980. The number of nitrogens with one attached hydrogen (secondary N) is 1. The average molecular weight is 436 g/mol. The van der Waals surface area contributed by atoms with Crippen molar-refractivity contribution < 1.29 is 4.79 Å². The van der Waals surface area contributed by atoms with Crippen LogP contribution in [-0.4, -0.2) is 26.0 Å². The Balaban J connectivity index is 1.70. The van der Waals surface area contributed by atoms with Crippen LogP contribution >= 0.6 is 35.0 Å². The second-order valence-corrected chi connectivity index (χ2v) is 8.35. The van der Waals surface area contributed by atoms with Crippen LogP contribution in [0.1, 0.15) is 25.5 Å². The quantitative estimate of drug-likeness (QED) is 0.444. The Morgan fingerprint density at radius 1 is 1.14 bits per heavy atom. The van der Waals surface area contributed by atoms with Crippen molar-refractivity contribution in [2.45, 2.75) is 30.3 Å². The average Bonchev–Trinajstić information content (AvgIpc) is 3.02. The third-order valence-electron chi connectivity index (χ3n) is 4.15. The van der Waals surface area contributed by atoms with Gasteiger partial charge in [0.1, 0.15) is 0 Å². The predicted octanol–water partition coefficient (Wildman–Crippen LogP) is 4.32. The molecule has 3 aromatic rings. The van der Waals surface area contributed by atoms with Crippen LogP contribution in [-0.2, 0) is 4.79 Å². The van der Waals surface area contributed by atoms with Crippen molar-refractivity contribution in [1.82, 2.24) is 20.2 Å². The van der Waals surface area contributed by atoms with E-state index in [1.165, 1.54) is 16.4 Å². The van der Waals surface area contributed by atoms with Crippen LogP contribution < -0.4 is 11.2 Å². The number of nitrogens with zero attached hydrogens (tertiary/aromatic N) is 3. The van der Waals surface area contributed by atoms with E-state index in [1.54, 1.807) is 25.1 Å². The molecular weight excluding hydrogens is 417 g/mol. The molecule has 3 rings (SSSR count). The molecule has 0 saturated heterocycles. The van der Waals surface area contributed by atoms with Crippen LogP contribution in [0.15, 0.2) is 53.7 Å². The van der Waals surface area contributed by atoms with E-state index in [4.69, 9.17) is 29.0 Å². The number of thioether (sulfide) groups is 1. The van der Waals surface area contributed by atoms with Crippen LogP contribution in [0.2, 0.25) is 10.0 Å². The summed E-state index contributed by atoms with van der Waals surface area (Å²) in [5.74, 6) is 6.41. The summed E-state index contributed by atoms with van der Waals surface area (Å²) in [6.07, 6.45) is 0. The molecule has 0 bridgehead atoms. The topological polar surface area (TPSA) is 85.8 Å². The van der Waals surface area contributed by atoms with Crippen LogP contribution in [0.3, 0.4) is 0 Å². The summed E-state index contributed by atoms with van der Waals surface area (Å²) >= 11 is 13.4. The number of nitrogen functional groups attached to an aromatic ring is 1. The Kier molecular flexibility index (Phi) is 6.49. The maximum atomic E-state index is 12.5. The van der Waals surface area contributed by atoms with Gasteiger partial charge >= 0.3 is 0 Å². The van der Waals surface area contributed by atoms with E-state index in [-0.39, 0.29) is 11.9 Å². The third kappa shape index (κ3) is 4.60. The Labute approximate surface area is 177 Å². The first-order valence-corrected chi connectivity index (χ1v) is 10.2. The number of hydrogen-bond donors (Lipinski definition) is 2. The summed E-state index contributed by atoms with van der Waals surface area (Å²) in [7, 11) is 0. The lowest BCUT2D eigenvalue weighted by Gasteiger charge is -2.17.